The second-order valence-corrected chi connectivity index (χ2v) is 5.26. The number of hydrogen-bond donors (Lipinski definition) is 0. The monoisotopic (exact) mass is 286 g/mol. The molecule has 6 nitrogen and oxygen atoms in total. The Labute approximate surface area is 123 Å². The summed E-state index contributed by atoms with van der Waals surface area (Å²) in [6, 6.07) is 7.76. The van der Waals surface area contributed by atoms with Crippen molar-refractivity contribution in [1.29, 1.82) is 0 Å². The van der Waals surface area contributed by atoms with Crippen LogP contribution in [0, 0.1) is 0 Å². The van der Waals surface area contributed by atoms with Crippen molar-refractivity contribution in [2.24, 2.45) is 0 Å². The second kappa shape index (κ2) is 5.65. The van der Waals surface area contributed by atoms with Gasteiger partial charge in [0, 0.05) is 20.6 Å². The normalized spacial score (nSPS) is 18.8. The average Bonchev–Trinajstić information content (AvgIpc) is 2.53. The number of hydrogen-bond acceptors (Lipinski definition) is 5. The summed E-state index contributed by atoms with van der Waals surface area (Å²) in [7, 11) is 3.47. The highest BCUT2D eigenvalue weighted by molar-refractivity contribution is 5.81. The van der Waals surface area contributed by atoms with Gasteiger partial charge in [-0.05, 0) is 12.1 Å². The van der Waals surface area contributed by atoms with E-state index in [0.29, 0.717) is 19.7 Å². The zero-order chi connectivity index (χ0) is 14.8. The quantitative estimate of drug-likeness (QED) is 0.822. The molecule has 3 rings (SSSR count). The van der Waals surface area contributed by atoms with Crippen LogP contribution >= 0.6 is 0 Å². The smallest absolute Gasteiger partial charge is 0.253 e. The molecule has 21 heavy (non-hydrogen) atoms. The fourth-order valence-corrected chi connectivity index (χ4v) is 2.39. The number of rotatable bonds is 2. The summed E-state index contributed by atoms with van der Waals surface area (Å²) in [6.07, 6.45) is 1.31. The van der Waals surface area contributed by atoms with E-state index in [4.69, 9.17) is 4.74 Å². The van der Waals surface area contributed by atoms with Crippen LogP contribution in [0.15, 0.2) is 30.5 Å². The third-order valence-electron chi connectivity index (χ3n) is 3.54. The molecule has 2 heterocycles. The van der Waals surface area contributed by atoms with Gasteiger partial charge in [-0.15, -0.1) is 0 Å². The van der Waals surface area contributed by atoms with Crippen molar-refractivity contribution in [3.05, 3.63) is 30.5 Å². The highest BCUT2D eigenvalue weighted by atomic mass is 16.5. The summed E-state index contributed by atoms with van der Waals surface area (Å²) < 4.78 is 5.56. The van der Waals surface area contributed by atoms with Gasteiger partial charge in [0.25, 0.3) is 5.91 Å². The molecule has 1 fully saturated rings. The second-order valence-electron chi connectivity index (χ2n) is 5.26. The van der Waals surface area contributed by atoms with Crippen molar-refractivity contribution in [3.8, 4) is 0 Å². The molecule has 1 atom stereocenters. The SMILES string of the molecule is CN(C)C(=O)C1CN(c2cnc3ccccc3n2)CCO1. The van der Waals surface area contributed by atoms with Crippen molar-refractivity contribution < 1.29 is 9.53 Å². The first-order chi connectivity index (χ1) is 10.1. The molecule has 1 aliphatic heterocycles. The molecule has 0 radical (unpaired) electrons. The van der Waals surface area contributed by atoms with E-state index in [2.05, 4.69) is 14.9 Å². The van der Waals surface area contributed by atoms with E-state index in [-0.39, 0.29) is 5.91 Å². The van der Waals surface area contributed by atoms with E-state index in [1.807, 2.05) is 24.3 Å². The van der Waals surface area contributed by atoms with Gasteiger partial charge in [-0.25, -0.2) is 4.98 Å². The number of amides is 1. The van der Waals surface area contributed by atoms with Gasteiger partial charge < -0.3 is 14.5 Å². The van der Waals surface area contributed by atoms with Crippen LogP contribution in [0.2, 0.25) is 0 Å². The molecule has 1 unspecified atom stereocenters. The Morgan fingerprint density at radius 1 is 1.33 bits per heavy atom. The topological polar surface area (TPSA) is 58.6 Å². The van der Waals surface area contributed by atoms with E-state index >= 15 is 0 Å². The van der Waals surface area contributed by atoms with Crippen molar-refractivity contribution in [2.75, 3.05) is 38.7 Å². The summed E-state index contributed by atoms with van der Waals surface area (Å²) >= 11 is 0. The Bertz CT molecular complexity index is 659. The van der Waals surface area contributed by atoms with Gasteiger partial charge in [0.05, 0.1) is 30.4 Å². The molecule has 0 spiro atoms. The van der Waals surface area contributed by atoms with Crippen molar-refractivity contribution >= 4 is 22.8 Å². The Balaban J connectivity index is 1.83. The molecule has 6 heteroatoms. The van der Waals surface area contributed by atoms with Crippen LogP contribution in [0.25, 0.3) is 11.0 Å². The Morgan fingerprint density at radius 2 is 2.10 bits per heavy atom. The standard InChI is InChI=1S/C15H18N4O2/c1-18(2)15(20)13-10-19(7-8-21-13)14-9-16-11-5-3-4-6-12(11)17-14/h3-6,9,13H,7-8,10H2,1-2H3. The van der Waals surface area contributed by atoms with Crippen LogP contribution in [0.1, 0.15) is 0 Å². The molecular formula is C15H18N4O2. The van der Waals surface area contributed by atoms with Gasteiger partial charge in [0.2, 0.25) is 0 Å². The first kappa shape index (κ1) is 13.8. The largest absolute Gasteiger partial charge is 0.365 e. The van der Waals surface area contributed by atoms with E-state index in [9.17, 15) is 4.79 Å². The number of morpholine rings is 1. The molecule has 110 valence electrons. The summed E-state index contributed by atoms with van der Waals surface area (Å²) in [6.45, 7) is 1.73. The maximum absolute atomic E-state index is 12.0. The fourth-order valence-electron chi connectivity index (χ4n) is 2.39. The molecule has 0 aliphatic carbocycles. The van der Waals surface area contributed by atoms with Gasteiger partial charge in [-0.3, -0.25) is 9.78 Å². The highest BCUT2D eigenvalue weighted by Crippen LogP contribution is 2.18. The van der Waals surface area contributed by atoms with Crippen molar-refractivity contribution in [3.63, 3.8) is 0 Å². The molecule has 1 aromatic heterocycles. The Morgan fingerprint density at radius 3 is 2.86 bits per heavy atom. The lowest BCUT2D eigenvalue weighted by atomic mass is 10.2. The van der Waals surface area contributed by atoms with Crippen molar-refractivity contribution in [2.45, 2.75) is 6.10 Å². The predicted molar refractivity (Wildman–Crippen MR) is 80.2 cm³/mol. The minimum atomic E-state index is -0.443. The number of carbonyl (C=O) groups excluding carboxylic acids is 1. The van der Waals surface area contributed by atoms with E-state index in [1.165, 1.54) is 0 Å². The van der Waals surface area contributed by atoms with Crippen LogP contribution < -0.4 is 4.90 Å². The van der Waals surface area contributed by atoms with Crippen LogP contribution in [-0.2, 0) is 9.53 Å². The van der Waals surface area contributed by atoms with E-state index in [1.54, 1.807) is 25.2 Å². The summed E-state index contributed by atoms with van der Waals surface area (Å²) in [5.41, 5.74) is 1.73. The third-order valence-corrected chi connectivity index (χ3v) is 3.54. The van der Waals surface area contributed by atoms with Crippen LogP contribution in [-0.4, -0.2) is 60.7 Å². The van der Waals surface area contributed by atoms with Gasteiger partial charge in [0.1, 0.15) is 5.82 Å². The molecular weight excluding hydrogens is 268 g/mol. The average molecular weight is 286 g/mol. The van der Waals surface area contributed by atoms with Crippen LogP contribution in [0.3, 0.4) is 0 Å². The summed E-state index contributed by atoms with van der Waals surface area (Å²) in [4.78, 5) is 24.7. The molecule has 0 saturated carbocycles. The lowest BCUT2D eigenvalue weighted by molar-refractivity contribution is -0.141. The number of aromatic nitrogens is 2. The fraction of sp³-hybridized carbons (Fsp3) is 0.400. The maximum Gasteiger partial charge on any atom is 0.253 e. The van der Waals surface area contributed by atoms with E-state index < -0.39 is 6.10 Å². The number of benzene rings is 1. The first-order valence-corrected chi connectivity index (χ1v) is 6.94. The minimum Gasteiger partial charge on any atom is -0.365 e. The molecule has 1 aromatic carbocycles. The van der Waals surface area contributed by atoms with Gasteiger partial charge >= 0.3 is 0 Å². The highest BCUT2D eigenvalue weighted by Gasteiger charge is 2.28. The molecule has 0 N–H and O–H groups in total. The number of likely N-dealkylation sites (N-methyl/N-ethyl adjacent to an activating group) is 1. The molecule has 0 bridgehead atoms. The van der Waals surface area contributed by atoms with E-state index in [0.717, 1.165) is 16.9 Å². The van der Waals surface area contributed by atoms with Gasteiger partial charge in [-0.2, -0.15) is 0 Å². The maximum atomic E-state index is 12.0. The molecule has 1 aliphatic rings. The van der Waals surface area contributed by atoms with Crippen LogP contribution in [0.4, 0.5) is 5.82 Å². The number of fused-ring (bicyclic) bond motifs is 1. The summed E-state index contributed by atoms with van der Waals surface area (Å²) in [5.74, 6) is 0.766. The number of para-hydroxylation sites is 2. The zero-order valence-electron chi connectivity index (χ0n) is 12.2. The van der Waals surface area contributed by atoms with Gasteiger partial charge in [-0.1, -0.05) is 12.1 Å². The zero-order valence-corrected chi connectivity index (χ0v) is 12.2. The minimum absolute atomic E-state index is 0.0200. The van der Waals surface area contributed by atoms with Crippen molar-refractivity contribution in [1.82, 2.24) is 14.9 Å². The number of anilines is 1. The Kier molecular flexibility index (Phi) is 3.70. The predicted octanol–water partition coefficient (Wildman–Crippen LogP) is 0.923. The molecule has 1 amide bonds. The lowest BCUT2D eigenvalue weighted by Crippen LogP contribution is -2.49. The molecule has 1 saturated heterocycles. The summed E-state index contributed by atoms with van der Waals surface area (Å²) in [5, 5.41) is 0. The van der Waals surface area contributed by atoms with Gasteiger partial charge in [0.15, 0.2) is 6.10 Å². The first-order valence-electron chi connectivity index (χ1n) is 6.94. The number of ether oxygens (including phenoxy) is 1. The third kappa shape index (κ3) is 2.80. The Hall–Kier alpha value is -2.21. The number of nitrogens with zero attached hydrogens (tertiary/aromatic N) is 4. The number of carbonyl (C=O) groups is 1. The van der Waals surface area contributed by atoms with Crippen LogP contribution in [0.5, 0.6) is 0 Å². The molecule has 2 aromatic rings. The lowest BCUT2D eigenvalue weighted by Gasteiger charge is -2.33.